The maximum Gasteiger partial charge on any atom is 0.343 e. The standard InChI is InChI=1S/C19H19N3O2/c1-21-18(22-10-4-5-11-22)17(13-20-21)19(23)24-16-9-8-14-6-2-3-7-15(14)12-16/h2-7,10-11,13,16H,8-9,12H2,1H3. The van der Waals surface area contributed by atoms with Crippen LogP contribution in [0.3, 0.4) is 0 Å². The van der Waals surface area contributed by atoms with E-state index in [0.717, 1.165) is 25.1 Å². The monoisotopic (exact) mass is 321 g/mol. The van der Waals surface area contributed by atoms with Crippen molar-refractivity contribution in [3.63, 3.8) is 0 Å². The van der Waals surface area contributed by atoms with Crippen LogP contribution in [-0.4, -0.2) is 26.4 Å². The fourth-order valence-corrected chi connectivity index (χ4v) is 3.34. The second-order valence-electron chi connectivity index (χ2n) is 6.13. The molecule has 0 saturated heterocycles. The molecular weight excluding hydrogens is 302 g/mol. The average Bonchev–Trinajstić information content (AvgIpc) is 3.23. The number of esters is 1. The van der Waals surface area contributed by atoms with Gasteiger partial charge in [-0.05, 0) is 36.1 Å². The summed E-state index contributed by atoms with van der Waals surface area (Å²) in [5.41, 5.74) is 3.13. The normalized spacial score (nSPS) is 16.6. The highest BCUT2D eigenvalue weighted by atomic mass is 16.5. The molecule has 1 atom stereocenters. The van der Waals surface area contributed by atoms with E-state index in [1.807, 2.05) is 42.2 Å². The van der Waals surface area contributed by atoms with Gasteiger partial charge in [-0.25, -0.2) is 4.79 Å². The lowest BCUT2D eigenvalue weighted by Crippen LogP contribution is -2.26. The molecule has 1 aromatic carbocycles. The van der Waals surface area contributed by atoms with Gasteiger partial charge in [0.15, 0.2) is 0 Å². The molecule has 3 aromatic rings. The highest BCUT2D eigenvalue weighted by molar-refractivity contribution is 5.92. The summed E-state index contributed by atoms with van der Waals surface area (Å²) >= 11 is 0. The molecule has 0 aliphatic heterocycles. The summed E-state index contributed by atoms with van der Waals surface area (Å²) in [5.74, 6) is 0.414. The van der Waals surface area contributed by atoms with Gasteiger partial charge >= 0.3 is 5.97 Å². The zero-order valence-electron chi connectivity index (χ0n) is 13.6. The second kappa shape index (κ2) is 6.00. The first-order valence-corrected chi connectivity index (χ1v) is 8.15. The van der Waals surface area contributed by atoms with Crippen LogP contribution in [0, 0.1) is 0 Å². The van der Waals surface area contributed by atoms with E-state index in [-0.39, 0.29) is 12.1 Å². The molecule has 0 spiro atoms. The first kappa shape index (κ1) is 14.8. The van der Waals surface area contributed by atoms with Gasteiger partial charge in [0.2, 0.25) is 0 Å². The summed E-state index contributed by atoms with van der Waals surface area (Å²) in [6.07, 6.45) is 7.88. The molecule has 1 aliphatic rings. The van der Waals surface area contributed by atoms with E-state index in [2.05, 4.69) is 23.3 Å². The number of fused-ring (bicyclic) bond motifs is 1. The molecule has 0 saturated carbocycles. The number of aryl methyl sites for hydroxylation is 2. The third-order valence-electron chi connectivity index (χ3n) is 4.55. The Labute approximate surface area is 140 Å². The molecule has 4 rings (SSSR count). The van der Waals surface area contributed by atoms with Gasteiger partial charge in [-0.2, -0.15) is 5.10 Å². The summed E-state index contributed by atoms with van der Waals surface area (Å²) in [7, 11) is 1.82. The van der Waals surface area contributed by atoms with Gasteiger partial charge in [0.1, 0.15) is 17.5 Å². The fraction of sp³-hybridized carbons (Fsp3) is 0.263. The highest BCUT2D eigenvalue weighted by Gasteiger charge is 2.25. The largest absolute Gasteiger partial charge is 0.458 e. The molecule has 2 heterocycles. The zero-order valence-corrected chi connectivity index (χ0v) is 13.6. The van der Waals surface area contributed by atoms with Crippen LogP contribution in [0.1, 0.15) is 27.9 Å². The molecule has 0 bridgehead atoms. The first-order valence-electron chi connectivity index (χ1n) is 8.15. The minimum Gasteiger partial charge on any atom is -0.458 e. The molecule has 0 radical (unpaired) electrons. The first-order chi connectivity index (χ1) is 11.7. The van der Waals surface area contributed by atoms with Gasteiger partial charge < -0.3 is 9.30 Å². The van der Waals surface area contributed by atoms with Gasteiger partial charge in [-0.15, -0.1) is 0 Å². The van der Waals surface area contributed by atoms with Crippen LogP contribution < -0.4 is 0 Å². The number of carbonyl (C=O) groups is 1. The van der Waals surface area contributed by atoms with Crippen LogP contribution in [0.2, 0.25) is 0 Å². The highest BCUT2D eigenvalue weighted by Crippen LogP contribution is 2.24. The van der Waals surface area contributed by atoms with Crippen molar-refractivity contribution in [3.8, 4) is 5.82 Å². The number of aromatic nitrogens is 3. The van der Waals surface area contributed by atoms with E-state index in [4.69, 9.17) is 4.74 Å². The van der Waals surface area contributed by atoms with E-state index in [1.54, 1.807) is 10.9 Å². The predicted octanol–water partition coefficient (Wildman–Crippen LogP) is 2.93. The fourth-order valence-electron chi connectivity index (χ4n) is 3.34. The lowest BCUT2D eigenvalue weighted by atomic mass is 9.90. The van der Waals surface area contributed by atoms with Gasteiger partial charge in [0.25, 0.3) is 0 Å². The Hall–Kier alpha value is -2.82. The van der Waals surface area contributed by atoms with Gasteiger partial charge in [-0.3, -0.25) is 4.68 Å². The average molecular weight is 321 g/mol. The molecule has 122 valence electrons. The zero-order chi connectivity index (χ0) is 16.5. The van der Waals surface area contributed by atoms with Gasteiger partial charge in [0, 0.05) is 25.9 Å². The van der Waals surface area contributed by atoms with Crippen molar-refractivity contribution >= 4 is 5.97 Å². The van der Waals surface area contributed by atoms with E-state index >= 15 is 0 Å². The Kier molecular flexibility index (Phi) is 3.69. The van der Waals surface area contributed by atoms with E-state index in [0.29, 0.717) is 5.56 Å². The molecule has 0 N–H and O–H groups in total. The van der Waals surface area contributed by atoms with E-state index < -0.39 is 0 Å². The van der Waals surface area contributed by atoms with Crippen LogP contribution in [0.15, 0.2) is 55.0 Å². The SMILES string of the molecule is Cn1ncc(C(=O)OC2CCc3ccccc3C2)c1-n1cccc1. The number of nitrogens with zero attached hydrogens (tertiary/aromatic N) is 3. The van der Waals surface area contributed by atoms with Crippen molar-refractivity contribution in [1.29, 1.82) is 0 Å². The van der Waals surface area contributed by atoms with E-state index in [9.17, 15) is 4.79 Å². The van der Waals surface area contributed by atoms with Crippen LogP contribution >= 0.6 is 0 Å². The number of carbonyl (C=O) groups excluding carboxylic acids is 1. The quantitative estimate of drug-likeness (QED) is 0.697. The number of hydrogen-bond acceptors (Lipinski definition) is 3. The third-order valence-corrected chi connectivity index (χ3v) is 4.55. The summed E-state index contributed by atoms with van der Waals surface area (Å²) in [5, 5.41) is 4.22. The smallest absolute Gasteiger partial charge is 0.343 e. The topological polar surface area (TPSA) is 49.1 Å². The Morgan fingerprint density at radius 3 is 2.71 bits per heavy atom. The van der Waals surface area contributed by atoms with Crippen molar-refractivity contribution in [2.24, 2.45) is 7.05 Å². The maximum atomic E-state index is 12.7. The van der Waals surface area contributed by atoms with E-state index in [1.165, 1.54) is 11.1 Å². The Bertz CT molecular complexity index is 865. The molecule has 24 heavy (non-hydrogen) atoms. The lowest BCUT2D eigenvalue weighted by Gasteiger charge is -2.24. The van der Waals surface area contributed by atoms with Gasteiger partial charge in [-0.1, -0.05) is 24.3 Å². The van der Waals surface area contributed by atoms with Crippen molar-refractivity contribution in [2.75, 3.05) is 0 Å². The van der Waals surface area contributed by atoms with Crippen LogP contribution in [0.4, 0.5) is 0 Å². The molecule has 2 aromatic heterocycles. The molecular formula is C19H19N3O2. The Morgan fingerprint density at radius 1 is 1.17 bits per heavy atom. The Morgan fingerprint density at radius 2 is 1.92 bits per heavy atom. The van der Waals surface area contributed by atoms with Gasteiger partial charge in [0.05, 0.1) is 6.20 Å². The minimum absolute atomic E-state index is 0.0786. The summed E-state index contributed by atoms with van der Waals surface area (Å²) in [4.78, 5) is 12.7. The molecule has 5 heteroatoms. The minimum atomic E-state index is -0.309. The Balaban J connectivity index is 1.54. The van der Waals surface area contributed by atoms with Crippen molar-refractivity contribution < 1.29 is 9.53 Å². The number of benzene rings is 1. The molecule has 0 fully saturated rings. The number of ether oxygens (including phenoxy) is 1. The predicted molar refractivity (Wildman–Crippen MR) is 90.2 cm³/mol. The number of rotatable bonds is 3. The summed E-state index contributed by atoms with van der Waals surface area (Å²) in [6.45, 7) is 0. The second-order valence-corrected chi connectivity index (χ2v) is 6.13. The molecule has 1 unspecified atom stereocenters. The van der Waals surface area contributed by atoms with Crippen LogP contribution in [-0.2, 0) is 24.6 Å². The summed E-state index contributed by atoms with van der Waals surface area (Å²) in [6, 6.07) is 12.2. The summed E-state index contributed by atoms with van der Waals surface area (Å²) < 4.78 is 9.34. The molecule has 5 nitrogen and oxygen atoms in total. The van der Waals surface area contributed by atoms with Crippen LogP contribution in [0.5, 0.6) is 0 Å². The van der Waals surface area contributed by atoms with Crippen molar-refractivity contribution in [1.82, 2.24) is 14.3 Å². The maximum absolute atomic E-state index is 12.7. The van der Waals surface area contributed by atoms with Crippen molar-refractivity contribution in [3.05, 3.63) is 71.7 Å². The lowest BCUT2D eigenvalue weighted by molar-refractivity contribution is 0.0271. The van der Waals surface area contributed by atoms with Crippen molar-refractivity contribution in [2.45, 2.75) is 25.4 Å². The number of hydrogen-bond donors (Lipinski definition) is 0. The van der Waals surface area contributed by atoms with Crippen LogP contribution in [0.25, 0.3) is 5.82 Å². The third kappa shape index (κ3) is 2.62. The molecule has 1 aliphatic carbocycles. The molecule has 0 amide bonds.